The molecule has 10 heteroatoms. The van der Waals surface area contributed by atoms with Gasteiger partial charge in [0.1, 0.15) is 0 Å². The Bertz CT molecular complexity index is 813. The fourth-order valence-corrected chi connectivity index (χ4v) is 2.12. The number of pyridine rings is 1. The minimum atomic E-state index is -4.61. The molecule has 0 spiro atoms. The molecule has 0 aliphatic rings. The number of halogens is 5. The zero-order chi connectivity index (χ0) is 18.6. The Morgan fingerprint density at radius 2 is 1.84 bits per heavy atom. The number of nitrogens with zero attached hydrogens (tertiary/aromatic N) is 1. The smallest absolute Gasteiger partial charge is 0.417 e. The molecule has 0 unspecified atom stereocenters. The summed E-state index contributed by atoms with van der Waals surface area (Å²) in [5.41, 5.74) is -0.983. The quantitative estimate of drug-likeness (QED) is 0.791. The van der Waals surface area contributed by atoms with E-state index in [1.54, 1.807) is 12.1 Å². The molecule has 132 valence electrons. The molecule has 1 amide bonds. The van der Waals surface area contributed by atoms with E-state index in [9.17, 15) is 22.8 Å². The van der Waals surface area contributed by atoms with Crippen molar-refractivity contribution in [3.05, 3.63) is 57.7 Å². The lowest BCUT2D eigenvalue weighted by atomic mass is 10.2. The van der Waals surface area contributed by atoms with E-state index in [1.165, 1.54) is 12.1 Å². The van der Waals surface area contributed by atoms with Crippen LogP contribution in [0.5, 0.6) is 0 Å². The lowest BCUT2D eigenvalue weighted by Gasteiger charge is -2.10. The average molecular weight is 393 g/mol. The third-order valence-electron chi connectivity index (χ3n) is 2.85. The van der Waals surface area contributed by atoms with Gasteiger partial charge in [0.15, 0.2) is 12.4 Å². The van der Waals surface area contributed by atoms with Crippen LogP contribution in [0.4, 0.5) is 19.0 Å². The SMILES string of the molecule is O=C(COC(=O)c1ccccc1Cl)Nc1ncc(C(F)(F)F)cc1Cl. The van der Waals surface area contributed by atoms with Crippen molar-refractivity contribution in [3.8, 4) is 0 Å². The number of rotatable bonds is 4. The number of esters is 1. The molecule has 0 aliphatic heterocycles. The van der Waals surface area contributed by atoms with Crippen LogP contribution in [0, 0.1) is 0 Å². The highest BCUT2D eigenvalue weighted by atomic mass is 35.5. The summed E-state index contributed by atoms with van der Waals surface area (Å²) in [6.07, 6.45) is -4.08. The number of ether oxygens (including phenoxy) is 1. The fourth-order valence-electron chi connectivity index (χ4n) is 1.69. The Hall–Kier alpha value is -2.32. The van der Waals surface area contributed by atoms with Crippen LogP contribution in [0.2, 0.25) is 10.0 Å². The van der Waals surface area contributed by atoms with Gasteiger partial charge in [0.2, 0.25) is 0 Å². The molecule has 1 heterocycles. The van der Waals surface area contributed by atoms with Crippen LogP contribution in [0.1, 0.15) is 15.9 Å². The van der Waals surface area contributed by atoms with Crippen LogP contribution in [-0.2, 0) is 15.7 Å². The summed E-state index contributed by atoms with van der Waals surface area (Å²) in [5.74, 6) is -1.93. The summed E-state index contributed by atoms with van der Waals surface area (Å²) >= 11 is 11.5. The molecule has 0 saturated heterocycles. The normalized spacial score (nSPS) is 11.1. The van der Waals surface area contributed by atoms with Gasteiger partial charge in [-0.15, -0.1) is 0 Å². The van der Waals surface area contributed by atoms with Gasteiger partial charge in [0, 0.05) is 6.20 Å². The van der Waals surface area contributed by atoms with Crippen LogP contribution >= 0.6 is 23.2 Å². The first-order valence-electron chi connectivity index (χ1n) is 6.62. The van der Waals surface area contributed by atoms with Crippen LogP contribution in [0.15, 0.2) is 36.5 Å². The first kappa shape index (κ1) is 19.0. The molecule has 2 rings (SSSR count). The molecule has 0 saturated carbocycles. The van der Waals surface area contributed by atoms with Crippen molar-refractivity contribution in [2.24, 2.45) is 0 Å². The molecule has 0 radical (unpaired) electrons. The molecule has 1 aromatic carbocycles. The summed E-state index contributed by atoms with van der Waals surface area (Å²) in [6.45, 7) is -0.691. The zero-order valence-corrected chi connectivity index (χ0v) is 13.7. The van der Waals surface area contributed by atoms with Crippen molar-refractivity contribution in [3.63, 3.8) is 0 Å². The summed E-state index contributed by atoms with van der Waals surface area (Å²) in [7, 11) is 0. The van der Waals surface area contributed by atoms with Gasteiger partial charge in [-0.1, -0.05) is 35.3 Å². The van der Waals surface area contributed by atoms with Crippen molar-refractivity contribution in [1.29, 1.82) is 0 Å². The highest BCUT2D eigenvalue weighted by Gasteiger charge is 2.31. The molecule has 5 nitrogen and oxygen atoms in total. The van der Waals surface area contributed by atoms with Crippen molar-refractivity contribution in [1.82, 2.24) is 4.98 Å². The second-order valence-corrected chi connectivity index (χ2v) is 5.47. The van der Waals surface area contributed by atoms with Gasteiger partial charge < -0.3 is 10.1 Å². The third-order valence-corrected chi connectivity index (χ3v) is 3.47. The molecule has 0 atom stereocenters. The monoisotopic (exact) mass is 392 g/mol. The second-order valence-electron chi connectivity index (χ2n) is 4.66. The van der Waals surface area contributed by atoms with Crippen LogP contribution in [0.3, 0.4) is 0 Å². The maximum atomic E-state index is 12.5. The van der Waals surface area contributed by atoms with Gasteiger partial charge in [-0.05, 0) is 18.2 Å². The number of amides is 1. The molecular formula is C15H9Cl2F3N2O3. The van der Waals surface area contributed by atoms with Crippen molar-refractivity contribution < 1.29 is 27.5 Å². The van der Waals surface area contributed by atoms with E-state index in [-0.39, 0.29) is 16.4 Å². The standard InChI is InChI=1S/C15H9Cl2F3N2O3/c16-10-4-2-1-3-9(10)14(24)25-7-12(23)22-13-11(17)5-8(6-21-13)15(18,19)20/h1-6H,7H2,(H,21,22,23). The first-order chi connectivity index (χ1) is 11.7. The molecule has 1 aromatic heterocycles. The Kier molecular flexibility index (Phi) is 5.86. The van der Waals surface area contributed by atoms with Crippen LogP contribution < -0.4 is 5.32 Å². The maximum Gasteiger partial charge on any atom is 0.417 e. The van der Waals surface area contributed by atoms with E-state index in [1.807, 2.05) is 0 Å². The fraction of sp³-hybridized carbons (Fsp3) is 0.133. The molecule has 0 aliphatic carbocycles. The molecule has 0 bridgehead atoms. The summed E-state index contributed by atoms with van der Waals surface area (Å²) in [4.78, 5) is 27.0. The van der Waals surface area contributed by atoms with E-state index < -0.39 is 35.2 Å². The number of carbonyl (C=O) groups is 2. The lowest BCUT2D eigenvalue weighted by Crippen LogP contribution is -2.22. The van der Waals surface area contributed by atoms with Gasteiger partial charge in [-0.25, -0.2) is 9.78 Å². The Labute approximate surface area is 149 Å². The van der Waals surface area contributed by atoms with Gasteiger partial charge >= 0.3 is 12.1 Å². The third kappa shape index (κ3) is 5.07. The minimum absolute atomic E-state index is 0.0719. The van der Waals surface area contributed by atoms with E-state index in [4.69, 9.17) is 27.9 Å². The Balaban J connectivity index is 1.97. The predicted octanol–water partition coefficient (Wildman–Crippen LogP) is 4.20. The number of carbonyl (C=O) groups excluding carboxylic acids is 2. The Morgan fingerprint density at radius 3 is 2.44 bits per heavy atom. The number of anilines is 1. The van der Waals surface area contributed by atoms with Gasteiger partial charge in [0.05, 0.1) is 21.2 Å². The highest BCUT2D eigenvalue weighted by Crippen LogP contribution is 2.32. The van der Waals surface area contributed by atoms with E-state index in [0.717, 1.165) is 0 Å². The summed E-state index contributed by atoms with van der Waals surface area (Å²) in [6, 6.07) is 6.69. The molecule has 0 fully saturated rings. The van der Waals surface area contributed by atoms with E-state index >= 15 is 0 Å². The summed E-state index contributed by atoms with van der Waals surface area (Å²) < 4.78 is 42.3. The van der Waals surface area contributed by atoms with Crippen LogP contribution in [0.25, 0.3) is 0 Å². The van der Waals surface area contributed by atoms with Crippen molar-refractivity contribution >= 4 is 40.9 Å². The van der Waals surface area contributed by atoms with Gasteiger partial charge in [-0.3, -0.25) is 4.79 Å². The zero-order valence-electron chi connectivity index (χ0n) is 12.2. The number of hydrogen-bond donors (Lipinski definition) is 1. The lowest BCUT2D eigenvalue weighted by molar-refractivity contribution is -0.137. The largest absolute Gasteiger partial charge is 0.452 e. The van der Waals surface area contributed by atoms with Crippen LogP contribution in [-0.4, -0.2) is 23.5 Å². The van der Waals surface area contributed by atoms with Crippen molar-refractivity contribution in [2.75, 3.05) is 11.9 Å². The number of nitrogens with one attached hydrogen (secondary N) is 1. The Morgan fingerprint density at radius 1 is 1.16 bits per heavy atom. The first-order valence-corrected chi connectivity index (χ1v) is 7.38. The number of hydrogen-bond acceptors (Lipinski definition) is 4. The average Bonchev–Trinajstić information content (AvgIpc) is 2.54. The summed E-state index contributed by atoms with van der Waals surface area (Å²) in [5, 5.41) is 1.90. The topological polar surface area (TPSA) is 68.3 Å². The number of alkyl halides is 3. The highest BCUT2D eigenvalue weighted by molar-refractivity contribution is 6.34. The van der Waals surface area contributed by atoms with Gasteiger partial charge in [-0.2, -0.15) is 13.2 Å². The predicted molar refractivity (Wildman–Crippen MR) is 84.6 cm³/mol. The van der Waals surface area contributed by atoms with E-state index in [0.29, 0.717) is 12.3 Å². The molecule has 25 heavy (non-hydrogen) atoms. The number of benzene rings is 1. The molecular weight excluding hydrogens is 384 g/mol. The van der Waals surface area contributed by atoms with Gasteiger partial charge in [0.25, 0.3) is 5.91 Å². The molecule has 1 N–H and O–H groups in total. The van der Waals surface area contributed by atoms with Crippen molar-refractivity contribution in [2.45, 2.75) is 6.18 Å². The van der Waals surface area contributed by atoms with E-state index in [2.05, 4.69) is 10.3 Å². The maximum absolute atomic E-state index is 12.5. The second kappa shape index (κ2) is 7.71. The minimum Gasteiger partial charge on any atom is -0.452 e. The number of aromatic nitrogens is 1. The molecule has 2 aromatic rings.